The fourth-order valence-corrected chi connectivity index (χ4v) is 2.94. The van der Waals surface area contributed by atoms with Gasteiger partial charge in [-0.2, -0.15) is 10.1 Å². The van der Waals surface area contributed by atoms with Crippen molar-refractivity contribution in [2.24, 2.45) is 5.10 Å². The number of amides is 1. The summed E-state index contributed by atoms with van der Waals surface area (Å²) in [5.41, 5.74) is -1.02. The first kappa shape index (κ1) is 22.3. The van der Waals surface area contributed by atoms with E-state index in [0.717, 1.165) is 0 Å². The Hall–Kier alpha value is -3.43. The Morgan fingerprint density at radius 1 is 0.903 bits per heavy atom. The molecule has 0 spiro atoms. The van der Waals surface area contributed by atoms with E-state index in [4.69, 9.17) is 9.47 Å². The predicted octanol–water partition coefficient (Wildman–Crippen LogP) is 4.99. The minimum absolute atomic E-state index is 0.0285. The lowest BCUT2D eigenvalue weighted by Gasteiger charge is -2.15. The fraction of sp³-hybridized carbons (Fsp3) is 0.238. The first-order valence-electron chi connectivity index (χ1n) is 9.24. The molecule has 10 heteroatoms. The standard InChI is InChI=1S/C21H17F5N2O3/c1-4-30-13-7-6-11(9-14(13)31-5-2)8-12-10(3)27-28(21(12)29)20-18(25)16(23)15(22)17(24)19(20)26/h6-9H,4-5H2,1-3H3/b12-8+. The summed E-state index contributed by atoms with van der Waals surface area (Å²) in [6.07, 6.45) is 1.37. The number of hydrogen-bond acceptors (Lipinski definition) is 4. The quantitative estimate of drug-likeness (QED) is 0.275. The van der Waals surface area contributed by atoms with Gasteiger partial charge in [0.1, 0.15) is 5.69 Å². The number of ether oxygens (including phenoxy) is 2. The average molecular weight is 440 g/mol. The molecule has 0 N–H and O–H groups in total. The van der Waals surface area contributed by atoms with E-state index < -0.39 is 40.7 Å². The van der Waals surface area contributed by atoms with Crippen LogP contribution >= 0.6 is 0 Å². The summed E-state index contributed by atoms with van der Waals surface area (Å²) in [4.78, 5) is 12.7. The number of hydrogen-bond donors (Lipinski definition) is 0. The predicted molar refractivity (Wildman–Crippen MR) is 104 cm³/mol. The molecule has 1 aliphatic rings. The Balaban J connectivity index is 2.03. The van der Waals surface area contributed by atoms with Gasteiger partial charge in [0, 0.05) is 0 Å². The largest absolute Gasteiger partial charge is 0.490 e. The van der Waals surface area contributed by atoms with Crippen molar-refractivity contribution in [3.63, 3.8) is 0 Å². The van der Waals surface area contributed by atoms with E-state index in [-0.39, 0.29) is 16.3 Å². The maximum atomic E-state index is 14.1. The smallest absolute Gasteiger partial charge is 0.280 e. The summed E-state index contributed by atoms with van der Waals surface area (Å²) in [5, 5.41) is 3.86. The van der Waals surface area contributed by atoms with Crippen molar-refractivity contribution >= 4 is 23.4 Å². The Morgan fingerprint density at radius 2 is 1.45 bits per heavy atom. The van der Waals surface area contributed by atoms with Crippen LogP contribution in [0.3, 0.4) is 0 Å². The molecular formula is C21H17F5N2O3. The normalized spacial score (nSPS) is 15.0. The van der Waals surface area contributed by atoms with Crippen LogP contribution < -0.4 is 14.5 Å². The minimum Gasteiger partial charge on any atom is -0.490 e. The second-order valence-corrected chi connectivity index (χ2v) is 6.35. The van der Waals surface area contributed by atoms with Gasteiger partial charge in [-0.25, -0.2) is 22.0 Å². The maximum Gasteiger partial charge on any atom is 0.280 e. The molecule has 1 aliphatic heterocycles. The number of hydrazone groups is 1. The third kappa shape index (κ3) is 3.97. The van der Waals surface area contributed by atoms with Gasteiger partial charge in [0.15, 0.2) is 34.8 Å². The van der Waals surface area contributed by atoms with Crippen molar-refractivity contribution in [1.82, 2.24) is 0 Å². The first-order chi connectivity index (χ1) is 14.7. The number of anilines is 1. The van der Waals surface area contributed by atoms with Crippen LogP contribution in [0.15, 0.2) is 28.9 Å². The number of carbonyl (C=O) groups is 1. The zero-order chi connectivity index (χ0) is 22.9. The van der Waals surface area contributed by atoms with Crippen molar-refractivity contribution in [1.29, 1.82) is 0 Å². The third-order valence-electron chi connectivity index (χ3n) is 4.34. The van der Waals surface area contributed by atoms with E-state index >= 15 is 0 Å². The van der Waals surface area contributed by atoms with Crippen molar-refractivity contribution in [2.45, 2.75) is 20.8 Å². The highest BCUT2D eigenvalue weighted by Gasteiger charge is 2.37. The number of nitrogens with zero attached hydrogens (tertiary/aromatic N) is 2. The molecule has 0 aliphatic carbocycles. The monoisotopic (exact) mass is 440 g/mol. The van der Waals surface area contributed by atoms with Crippen molar-refractivity contribution in [2.75, 3.05) is 18.2 Å². The lowest BCUT2D eigenvalue weighted by Crippen LogP contribution is -2.25. The molecule has 164 valence electrons. The molecule has 3 rings (SSSR count). The van der Waals surface area contributed by atoms with Gasteiger partial charge in [0.25, 0.3) is 5.91 Å². The van der Waals surface area contributed by atoms with Crippen molar-refractivity contribution in [3.05, 3.63) is 58.4 Å². The molecule has 0 atom stereocenters. The zero-order valence-electron chi connectivity index (χ0n) is 16.7. The van der Waals surface area contributed by atoms with Crippen LogP contribution in [0.5, 0.6) is 11.5 Å². The molecule has 0 saturated carbocycles. The topological polar surface area (TPSA) is 51.1 Å². The van der Waals surface area contributed by atoms with Crippen LogP contribution in [0.25, 0.3) is 6.08 Å². The summed E-state index contributed by atoms with van der Waals surface area (Å²) >= 11 is 0. The molecule has 0 bridgehead atoms. The molecule has 1 heterocycles. The van der Waals surface area contributed by atoms with Crippen LogP contribution in [-0.4, -0.2) is 24.8 Å². The Morgan fingerprint density at radius 3 is 2.03 bits per heavy atom. The second kappa shape index (κ2) is 8.75. The third-order valence-corrected chi connectivity index (χ3v) is 4.34. The number of benzene rings is 2. The summed E-state index contributed by atoms with van der Waals surface area (Å²) in [5.74, 6) is -11.1. The van der Waals surface area contributed by atoms with Gasteiger partial charge < -0.3 is 9.47 Å². The molecule has 0 saturated heterocycles. The number of rotatable bonds is 6. The highest BCUT2D eigenvalue weighted by molar-refractivity contribution is 6.32. The van der Waals surface area contributed by atoms with E-state index in [1.165, 1.54) is 13.0 Å². The highest BCUT2D eigenvalue weighted by Crippen LogP contribution is 2.35. The molecule has 0 unspecified atom stereocenters. The van der Waals surface area contributed by atoms with Gasteiger partial charge >= 0.3 is 0 Å². The molecule has 31 heavy (non-hydrogen) atoms. The first-order valence-corrected chi connectivity index (χ1v) is 9.24. The van der Waals surface area contributed by atoms with Gasteiger partial charge in [-0.3, -0.25) is 4.79 Å². The van der Waals surface area contributed by atoms with E-state index in [0.29, 0.717) is 30.3 Å². The van der Waals surface area contributed by atoms with Crippen LogP contribution in [0, 0.1) is 29.1 Å². The van der Waals surface area contributed by atoms with Gasteiger partial charge in [-0.1, -0.05) is 6.07 Å². The van der Waals surface area contributed by atoms with Crippen LogP contribution in [0.1, 0.15) is 26.3 Å². The van der Waals surface area contributed by atoms with Crippen LogP contribution in [0.4, 0.5) is 27.6 Å². The Kier molecular flexibility index (Phi) is 6.28. The molecule has 0 radical (unpaired) electrons. The van der Waals surface area contributed by atoms with Gasteiger partial charge in [-0.15, -0.1) is 0 Å². The van der Waals surface area contributed by atoms with Gasteiger partial charge in [0.05, 0.1) is 24.5 Å². The van der Waals surface area contributed by atoms with E-state index in [1.54, 1.807) is 32.0 Å². The summed E-state index contributed by atoms with van der Waals surface area (Å²) in [6.45, 7) is 5.71. The highest BCUT2D eigenvalue weighted by atomic mass is 19.2. The van der Waals surface area contributed by atoms with Crippen molar-refractivity contribution < 1.29 is 36.2 Å². The summed E-state index contributed by atoms with van der Waals surface area (Å²) < 4.78 is 79.6. The molecule has 1 amide bonds. The van der Waals surface area contributed by atoms with Gasteiger partial charge in [0.2, 0.25) is 5.82 Å². The Bertz CT molecular complexity index is 1090. The lowest BCUT2D eigenvalue weighted by atomic mass is 10.1. The lowest BCUT2D eigenvalue weighted by molar-refractivity contribution is -0.114. The molecule has 0 fully saturated rings. The number of halogens is 5. The molecule has 0 aromatic heterocycles. The molecule has 5 nitrogen and oxygen atoms in total. The molecular weight excluding hydrogens is 423 g/mol. The van der Waals surface area contributed by atoms with Crippen molar-refractivity contribution in [3.8, 4) is 11.5 Å². The summed E-state index contributed by atoms with van der Waals surface area (Å²) in [7, 11) is 0. The average Bonchev–Trinajstić information content (AvgIpc) is 3.01. The van der Waals surface area contributed by atoms with Crippen LogP contribution in [-0.2, 0) is 4.79 Å². The SMILES string of the molecule is CCOc1ccc(/C=C2/C(=O)N(c3c(F)c(F)c(F)c(F)c3F)N=C2C)cc1OCC. The van der Waals surface area contributed by atoms with E-state index in [2.05, 4.69) is 5.10 Å². The number of carbonyl (C=O) groups excluding carboxylic acids is 1. The molecule has 2 aromatic rings. The minimum atomic E-state index is -2.32. The van der Waals surface area contributed by atoms with E-state index in [9.17, 15) is 26.7 Å². The Labute approximate surface area is 174 Å². The summed E-state index contributed by atoms with van der Waals surface area (Å²) in [6, 6.07) is 4.82. The fourth-order valence-electron chi connectivity index (χ4n) is 2.94. The van der Waals surface area contributed by atoms with Crippen LogP contribution in [0.2, 0.25) is 0 Å². The van der Waals surface area contributed by atoms with E-state index in [1.807, 2.05) is 0 Å². The second-order valence-electron chi connectivity index (χ2n) is 6.35. The molecule has 2 aromatic carbocycles. The zero-order valence-corrected chi connectivity index (χ0v) is 16.7. The maximum absolute atomic E-state index is 14.1. The van der Waals surface area contributed by atoms with Gasteiger partial charge in [-0.05, 0) is 44.5 Å².